The highest BCUT2D eigenvalue weighted by atomic mass is 16.5. The van der Waals surface area contributed by atoms with Gasteiger partial charge in [0, 0.05) is 29.2 Å². The molecule has 5 nitrogen and oxygen atoms in total. The van der Waals surface area contributed by atoms with E-state index in [4.69, 9.17) is 14.5 Å². The number of rotatable bonds is 6. The number of benzene rings is 2. The summed E-state index contributed by atoms with van der Waals surface area (Å²) in [5, 5.41) is 3.47. The van der Waals surface area contributed by atoms with Crippen molar-refractivity contribution in [2.75, 3.05) is 14.2 Å². The lowest BCUT2D eigenvalue weighted by atomic mass is 9.71. The van der Waals surface area contributed by atoms with E-state index in [2.05, 4.69) is 36.4 Å². The molecular weight excluding hydrogens is 414 g/mol. The molecule has 0 bridgehead atoms. The summed E-state index contributed by atoms with van der Waals surface area (Å²) in [7, 11) is 2.83. The van der Waals surface area contributed by atoms with Crippen molar-refractivity contribution < 1.29 is 19.1 Å². The SMILES string of the molecule is COC(=O)CCC1(CCC(=O)OC)c2cc3c(cc2-c2nc4ccccc4cc21)=CCCC=3. The summed E-state index contributed by atoms with van der Waals surface area (Å²) in [5.74, 6) is -0.511. The maximum Gasteiger partial charge on any atom is 0.305 e. The summed E-state index contributed by atoms with van der Waals surface area (Å²) in [6, 6.07) is 14.8. The van der Waals surface area contributed by atoms with Crippen molar-refractivity contribution in [3.05, 3.63) is 64.0 Å². The van der Waals surface area contributed by atoms with Crippen LogP contribution in [0.2, 0.25) is 0 Å². The number of hydrogen-bond donors (Lipinski definition) is 0. The molecule has 1 heterocycles. The van der Waals surface area contributed by atoms with Gasteiger partial charge in [-0.2, -0.15) is 0 Å². The van der Waals surface area contributed by atoms with Crippen LogP contribution in [0.5, 0.6) is 0 Å². The molecule has 2 aliphatic carbocycles. The fourth-order valence-corrected chi connectivity index (χ4v) is 5.39. The van der Waals surface area contributed by atoms with Gasteiger partial charge < -0.3 is 9.47 Å². The fraction of sp³-hybridized carbons (Fsp3) is 0.321. The smallest absolute Gasteiger partial charge is 0.305 e. The Balaban J connectivity index is 1.79. The minimum atomic E-state index is -0.523. The van der Waals surface area contributed by atoms with Crippen LogP contribution in [0.15, 0.2) is 42.5 Å². The Labute approximate surface area is 192 Å². The van der Waals surface area contributed by atoms with Gasteiger partial charge in [0.25, 0.3) is 0 Å². The molecule has 168 valence electrons. The molecule has 0 fully saturated rings. The van der Waals surface area contributed by atoms with Crippen LogP contribution in [0.25, 0.3) is 34.3 Å². The van der Waals surface area contributed by atoms with E-state index in [1.807, 2.05) is 18.2 Å². The average Bonchev–Trinajstić information content (AvgIpc) is 3.11. The molecule has 0 spiro atoms. The summed E-state index contributed by atoms with van der Waals surface area (Å²) in [6.45, 7) is 0. The molecule has 33 heavy (non-hydrogen) atoms. The molecule has 3 aromatic rings. The quantitative estimate of drug-likeness (QED) is 0.545. The van der Waals surface area contributed by atoms with Crippen molar-refractivity contribution in [3.8, 4) is 11.3 Å². The lowest BCUT2D eigenvalue weighted by Gasteiger charge is -2.32. The second kappa shape index (κ2) is 8.47. The van der Waals surface area contributed by atoms with E-state index in [-0.39, 0.29) is 24.8 Å². The zero-order valence-corrected chi connectivity index (χ0v) is 19.0. The van der Waals surface area contributed by atoms with Crippen molar-refractivity contribution in [2.45, 2.75) is 43.9 Å². The first-order chi connectivity index (χ1) is 16.1. The van der Waals surface area contributed by atoms with Gasteiger partial charge in [0.2, 0.25) is 0 Å². The summed E-state index contributed by atoms with van der Waals surface area (Å²) in [4.78, 5) is 29.5. The Bertz CT molecular complexity index is 1370. The Morgan fingerprint density at radius 3 is 2.18 bits per heavy atom. The van der Waals surface area contributed by atoms with Gasteiger partial charge in [0.1, 0.15) is 0 Å². The number of methoxy groups -OCH3 is 2. The molecule has 0 unspecified atom stereocenters. The molecule has 0 atom stereocenters. The van der Waals surface area contributed by atoms with Gasteiger partial charge in [0.15, 0.2) is 0 Å². The molecule has 5 rings (SSSR count). The number of para-hydroxylation sites is 1. The zero-order chi connectivity index (χ0) is 23.0. The van der Waals surface area contributed by atoms with Gasteiger partial charge in [-0.05, 0) is 71.5 Å². The van der Waals surface area contributed by atoms with E-state index >= 15 is 0 Å². The summed E-state index contributed by atoms with van der Waals surface area (Å²) >= 11 is 0. The highest BCUT2D eigenvalue weighted by Crippen LogP contribution is 2.53. The van der Waals surface area contributed by atoms with E-state index in [0.717, 1.165) is 46.1 Å². The number of esters is 2. The predicted octanol–water partition coefficient (Wildman–Crippen LogP) is 3.76. The van der Waals surface area contributed by atoms with Crippen molar-refractivity contribution >= 4 is 35.0 Å². The van der Waals surface area contributed by atoms with Gasteiger partial charge in [-0.1, -0.05) is 30.4 Å². The Hall–Kier alpha value is -3.47. The van der Waals surface area contributed by atoms with Crippen LogP contribution in [0.4, 0.5) is 0 Å². The highest BCUT2D eigenvalue weighted by Gasteiger charge is 2.44. The lowest BCUT2D eigenvalue weighted by molar-refractivity contribution is -0.141. The van der Waals surface area contributed by atoms with Gasteiger partial charge in [-0.25, -0.2) is 4.98 Å². The van der Waals surface area contributed by atoms with E-state index in [1.165, 1.54) is 24.7 Å². The van der Waals surface area contributed by atoms with Crippen molar-refractivity contribution in [3.63, 3.8) is 0 Å². The van der Waals surface area contributed by atoms with Gasteiger partial charge >= 0.3 is 11.9 Å². The Kier molecular flexibility index (Phi) is 5.49. The molecular formula is C28H27NO4. The van der Waals surface area contributed by atoms with E-state index in [0.29, 0.717) is 12.8 Å². The molecule has 0 N–H and O–H groups in total. The van der Waals surface area contributed by atoms with Crippen LogP contribution in [0, 0.1) is 0 Å². The molecule has 2 aliphatic rings. The number of pyridine rings is 1. The third-order valence-electron chi connectivity index (χ3n) is 7.10. The first-order valence-corrected chi connectivity index (χ1v) is 11.4. The maximum absolute atomic E-state index is 12.2. The van der Waals surface area contributed by atoms with Crippen molar-refractivity contribution in [1.29, 1.82) is 0 Å². The van der Waals surface area contributed by atoms with Crippen LogP contribution in [-0.2, 0) is 24.5 Å². The van der Waals surface area contributed by atoms with E-state index < -0.39 is 5.41 Å². The second-order valence-corrected chi connectivity index (χ2v) is 8.82. The number of hydrogen-bond acceptors (Lipinski definition) is 5. The second-order valence-electron chi connectivity index (χ2n) is 8.82. The standard InChI is InChI=1S/C28H27NO4/c1-32-25(30)11-13-28(14-12-26(31)33-2)22-16-19-8-4-3-7-18(19)15-21(22)27-23(28)17-20-9-5-6-10-24(20)29-27/h5-10,15-17H,3-4,11-14H2,1-2H3. The Morgan fingerprint density at radius 2 is 1.52 bits per heavy atom. The number of nitrogens with zero attached hydrogens (tertiary/aromatic N) is 1. The number of aromatic nitrogens is 1. The number of ether oxygens (including phenoxy) is 2. The van der Waals surface area contributed by atoms with E-state index in [9.17, 15) is 9.59 Å². The van der Waals surface area contributed by atoms with Crippen LogP contribution in [-0.4, -0.2) is 31.1 Å². The molecule has 0 aliphatic heterocycles. The van der Waals surface area contributed by atoms with E-state index in [1.54, 1.807) is 0 Å². The maximum atomic E-state index is 12.2. The summed E-state index contributed by atoms with van der Waals surface area (Å²) in [6.07, 6.45) is 8.19. The largest absolute Gasteiger partial charge is 0.469 e. The molecule has 0 radical (unpaired) electrons. The third-order valence-corrected chi connectivity index (χ3v) is 7.10. The minimum absolute atomic E-state index is 0.256. The van der Waals surface area contributed by atoms with Crippen LogP contribution < -0.4 is 10.4 Å². The molecule has 0 saturated heterocycles. The Morgan fingerprint density at radius 1 is 0.879 bits per heavy atom. The van der Waals surface area contributed by atoms with Crippen molar-refractivity contribution in [1.82, 2.24) is 4.98 Å². The summed E-state index contributed by atoms with van der Waals surface area (Å²) in [5.41, 5.74) is 4.66. The average molecular weight is 442 g/mol. The van der Waals surface area contributed by atoms with Gasteiger partial charge in [0.05, 0.1) is 25.4 Å². The van der Waals surface area contributed by atoms with Gasteiger partial charge in [-0.3, -0.25) is 9.59 Å². The topological polar surface area (TPSA) is 65.5 Å². The molecule has 5 heteroatoms. The van der Waals surface area contributed by atoms with Crippen LogP contribution >= 0.6 is 0 Å². The fourth-order valence-electron chi connectivity index (χ4n) is 5.39. The van der Waals surface area contributed by atoms with Crippen LogP contribution in [0.1, 0.15) is 49.7 Å². The zero-order valence-electron chi connectivity index (χ0n) is 19.0. The predicted molar refractivity (Wildman–Crippen MR) is 128 cm³/mol. The highest BCUT2D eigenvalue weighted by molar-refractivity contribution is 5.89. The third kappa shape index (κ3) is 3.62. The minimum Gasteiger partial charge on any atom is -0.469 e. The molecule has 1 aromatic heterocycles. The molecule has 2 aromatic carbocycles. The first kappa shape index (κ1) is 21.4. The number of fused-ring (bicyclic) bond motifs is 5. The summed E-state index contributed by atoms with van der Waals surface area (Å²) < 4.78 is 9.96. The molecule has 0 amide bonds. The first-order valence-electron chi connectivity index (χ1n) is 11.4. The van der Waals surface area contributed by atoms with Crippen molar-refractivity contribution in [2.24, 2.45) is 0 Å². The lowest BCUT2D eigenvalue weighted by Crippen LogP contribution is -2.32. The number of carbonyl (C=O) groups is 2. The molecule has 0 saturated carbocycles. The van der Waals surface area contributed by atoms with Gasteiger partial charge in [-0.15, -0.1) is 0 Å². The monoisotopic (exact) mass is 441 g/mol. The number of carbonyl (C=O) groups excluding carboxylic acids is 2. The normalized spacial score (nSPS) is 15.0. The van der Waals surface area contributed by atoms with Crippen LogP contribution in [0.3, 0.4) is 0 Å².